The van der Waals surface area contributed by atoms with Crippen LogP contribution in [0.3, 0.4) is 0 Å². The van der Waals surface area contributed by atoms with E-state index in [2.05, 4.69) is 61.3 Å². The molecule has 0 saturated heterocycles. The van der Waals surface area contributed by atoms with Gasteiger partial charge in [-0.1, -0.05) is 51.1 Å². The molecule has 3 N–H and O–H groups in total. The van der Waals surface area contributed by atoms with Crippen molar-refractivity contribution < 1.29 is 0 Å². The molecule has 0 aliphatic heterocycles. The number of nitrogens with one attached hydrogen (secondary N) is 1. The molecule has 0 amide bonds. The molecule has 0 heterocycles. The van der Waals surface area contributed by atoms with Crippen molar-refractivity contribution in [3.8, 4) is 0 Å². The van der Waals surface area contributed by atoms with Crippen molar-refractivity contribution in [1.29, 1.82) is 0 Å². The van der Waals surface area contributed by atoms with Crippen LogP contribution in [0.2, 0.25) is 0 Å². The molecule has 0 aliphatic rings. The Bertz CT molecular complexity index is 322. The number of nitrogens with two attached hydrogens (primary N) is 1. The molecule has 3 nitrogen and oxygen atoms in total. The summed E-state index contributed by atoms with van der Waals surface area (Å²) in [4.78, 5) is 2.42. The van der Waals surface area contributed by atoms with Crippen LogP contribution >= 0.6 is 0 Å². The van der Waals surface area contributed by atoms with E-state index in [0.717, 1.165) is 26.2 Å². The van der Waals surface area contributed by atoms with Crippen LogP contribution in [-0.2, 0) is 0 Å². The van der Waals surface area contributed by atoms with Crippen LogP contribution in [-0.4, -0.2) is 43.7 Å². The Balaban J connectivity index is 2.45. The van der Waals surface area contributed by atoms with Crippen molar-refractivity contribution in [1.82, 2.24) is 10.2 Å². The average Bonchev–Trinajstić information content (AvgIpc) is 2.48. The lowest BCUT2D eigenvalue weighted by Gasteiger charge is -2.26. The van der Waals surface area contributed by atoms with E-state index >= 15 is 0 Å². The summed E-state index contributed by atoms with van der Waals surface area (Å²) in [6, 6.07) is 10.9. The van der Waals surface area contributed by atoms with E-state index in [-0.39, 0.29) is 0 Å². The largest absolute Gasteiger partial charge is 0.329 e. The summed E-state index contributed by atoms with van der Waals surface area (Å²) in [5, 5.41) is 3.60. The predicted molar refractivity (Wildman–Crippen MR) is 83.5 cm³/mol. The topological polar surface area (TPSA) is 41.3 Å². The molecule has 1 rings (SSSR count). The van der Waals surface area contributed by atoms with Crippen molar-refractivity contribution in [2.75, 3.05) is 32.7 Å². The molecule has 0 bridgehead atoms. The maximum atomic E-state index is 5.92. The summed E-state index contributed by atoms with van der Waals surface area (Å²) < 4.78 is 0. The zero-order chi connectivity index (χ0) is 14.1. The highest BCUT2D eigenvalue weighted by molar-refractivity contribution is 5.20. The minimum atomic E-state index is 0.345. The number of likely N-dealkylation sites (N-methyl/N-ethyl adjacent to an activating group) is 1. The van der Waals surface area contributed by atoms with Crippen LogP contribution in [0.1, 0.15) is 32.3 Å². The summed E-state index contributed by atoms with van der Waals surface area (Å²) in [6.07, 6.45) is 0. The van der Waals surface area contributed by atoms with E-state index in [9.17, 15) is 0 Å². The van der Waals surface area contributed by atoms with Gasteiger partial charge < -0.3 is 16.0 Å². The summed E-state index contributed by atoms with van der Waals surface area (Å²) >= 11 is 0. The first-order valence-corrected chi connectivity index (χ1v) is 7.43. The van der Waals surface area contributed by atoms with Gasteiger partial charge in [-0.3, -0.25) is 0 Å². The average molecular weight is 263 g/mol. The predicted octanol–water partition coefficient (Wildman–Crippen LogP) is 2.05. The molecule has 0 radical (unpaired) electrons. The van der Waals surface area contributed by atoms with Crippen LogP contribution in [0.5, 0.6) is 0 Å². The molecule has 1 aromatic carbocycles. The molecule has 3 heteroatoms. The molecule has 0 aromatic heterocycles. The third kappa shape index (κ3) is 5.31. The van der Waals surface area contributed by atoms with Gasteiger partial charge in [0.15, 0.2) is 0 Å². The molecule has 2 atom stereocenters. The molecule has 19 heavy (non-hydrogen) atoms. The van der Waals surface area contributed by atoms with Crippen LogP contribution in [0.15, 0.2) is 30.3 Å². The van der Waals surface area contributed by atoms with Crippen molar-refractivity contribution >= 4 is 0 Å². The Morgan fingerprint density at radius 1 is 1.16 bits per heavy atom. The van der Waals surface area contributed by atoms with Gasteiger partial charge in [-0.15, -0.1) is 0 Å². The fourth-order valence-electron chi connectivity index (χ4n) is 2.40. The maximum absolute atomic E-state index is 5.92. The highest BCUT2D eigenvalue weighted by Gasteiger charge is 2.16. The lowest BCUT2D eigenvalue weighted by atomic mass is 9.93. The van der Waals surface area contributed by atoms with E-state index < -0.39 is 0 Å². The van der Waals surface area contributed by atoms with E-state index in [1.807, 2.05) is 0 Å². The molecule has 108 valence electrons. The Hall–Kier alpha value is -0.900. The molecular weight excluding hydrogens is 234 g/mol. The van der Waals surface area contributed by atoms with Gasteiger partial charge in [0, 0.05) is 25.7 Å². The lowest BCUT2D eigenvalue weighted by Crippen LogP contribution is -2.43. The van der Waals surface area contributed by atoms with Crippen LogP contribution in [0.4, 0.5) is 0 Å². The summed E-state index contributed by atoms with van der Waals surface area (Å²) in [5.74, 6) is 0.447. The van der Waals surface area contributed by atoms with Crippen molar-refractivity contribution in [3.63, 3.8) is 0 Å². The van der Waals surface area contributed by atoms with Gasteiger partial charge >= 0.3 is 0 Å². The van der Waals surface area contributed by atoms with Crippen molar-refractivity contribution in [2.45, 2.75) is 32.7 Å². The van der Waals surface area contributed by atoms with Gasteiger partial charge in [0.05, 0.1) is 0 Å². The third-order valence-electron chi connectivity index (χ3n) is 3.91. The Morgan fingerprint density at radius 2 is 1.79 bits per heavy atom. The van der Waals surface area contributed by atoms with E-state index in [1.165, 1.54) is 5.56 Å². The van der Waals surface area contributed by atoms with Crippen molar-refractivity contribution in [2.24, 2.45) is 5.73 Å². The number of benzene rings is 1. The van der Waals surface area contributed by atoms with Gasteiger partial charge in [0.2, 0.25) is 0 Å². The molecular formula is C16H29N3. The SMILES string of the molecule is CCN(CC)CCNC(CN)C(C)c1ccccc1. The minimum Gasteiger partial charge on any atom is -0.329 e. The summed E-state index contributed by atoms with van der Waals surface area (Å²) in [7, 11) is 0. The summed E-state index contributed by atoms with van der Waals surface area (Å²) in [6.45, 7) is 11.6. The van der Waals surface area contributed by atoms with Gasteiger partial charge in [0.1, 0.15) is 0 Å². The number of nitrogens with zero attached hydrogens (tertiary/aromatic N) is 1. The monoisotopic (exact) mass is 263 g/mol. The van der Waals surface area contributed by atoms with Gasteiger partial charge in [-0.2, -0.15) is 0 Å². The van der Waals surface area contributed by atoms with Gasteiger partial charge in [-0.05, 0) is 24.6 Å². The lowest BCUT2D eigenvalue weighted by molar-refractivity contribution is 0.292. The first kappa shape index (κ1) is 16.2. The highest BCUT2D eigenvalue weighted by atomic mass is 15.1. The Kier molecular flexibility index (Phi) is 7.72. The third-order valence-corrected chi connectivity index (χ3v) is 3.91. The second kappa shape index (κ2) is 9.08. The number of rotatable bonds is 9. The standard InChI is InChI=1S/C16H29N3/c1-4-19(5-2)12-11-18-16(13-17)14(3)15-9-7-6-8-10-15/h6-10,14,16,18H,4-5,11-13,17H2,1-3H3. The maximum Gasteiger partial charge on any atom is 0.0256 e. The number of hydrogen-bond donors (Lipinski definition) is 2. The normalized spacial score (nSPS) is 14.6. The highest BCUT2D eigenvalue weighted by Crippen LogP contribution is 2.18. The second-order valence-corrected chi connectivity index (χ2v) is 5.02. The van der Waals surface area contributed by atoms with E-state index in [1.54, 1.807) is 0 Å². The molecule has 0 saturated carbocycles. The van der Waals surface area contributed by atoms with Gasteiger partial charge in [-0.25, -0.2) is 0 Å². The van der Waals surface area contributed by atoms with Crippen LogP contribution < -0.4 is 11.1 Å². The fourth-order valence-corrected chi connectivity index (χ4v) is 2.40. The van der Waals surface area contributed by atoms with Gasteiger partial charge in [0.25, 0.3) is 0 Å². The first-order valence-electron chi connectivity index (χ1n) is 7.43. The second-order valence-electron chi connectivity index (χ2n) is 5.02. The van der Waals surface area contributed by atoms with Crippen LogP contribution in [0, 0.1) is 0 Å². The van der Waals surface area contributed by atoms with E-state index in [0.29, 0.717) is 18.5 Å². The zero-order valence-corrected chi connectivity index (χ0v) is 12.6. The zero-order valence-electron chi connectivity index (χ0n) is 12.6. The molecule has 0 spiro atoms. The Labute approximate surface area is 118 Å². The molecule has 0 aliphatic carbocycles. The smallest absolute Gasteiger partial charge is 0.0256 e. The molecule has 1 aromatic rings. The van der Waals surface area contributed by atoms with Crippen molar-refractivity contribution in [3.05, 3.63) is 35.9 Å². The quantitative estimate of drug-likeness (QED) is 0.716. The number of hydrogen-bond acceptors (Lipinski definition) is 3. The molecule has 0 fully saturated rings. The fraction of sp³-hybridized carbons (Fsp3) is 0.625. The van der Waals surface area contributed by atoms with E-state index in [4.69, 9.17) is 5.73 Å². The van der Waals surface area contributed by atoms with Crippen LogP contribution in [0.25, 0.3) is 0 Å². The Morgan fingerprint density at radius 3 is 2.32 bits per heavy atom. The summed E-state index contributed by atoms with van der Waals surface area (Å²) in [5.41, 5.74) is 7.27. The first-order chi connectivity index (χ1) is 9.22. The molecule has 2 unspecified atom stereocenters. The minimum absolute atomic E-state index is 0.345.